The summed E-state index contributed by atoms with van der Waals surface area (Å²) in [5.41, 5.74) is 0. The first-order valence-electron chi connectivity index (χ1n) is 7.77. The minimum Gasteiger partial charge on any atom is -0.103 e. The van der Waals surface area contributed by atoms with Crippen LogP contribution in [0, 0.1) is 0 Å². The van der Waals surface area contributed by atoms with E-state index in [9.17, 15) is 0 Å². The van der Waals surface area contributed by atoms with Gasteiger partial charge in [0.1, 0.15) is 0 Å². The van der Waals surface area contributed by atoms with E-state index in [2.05, 4.69) is 55.0 Å². The molecule has 0 nitrogen and oxygen atoms in total. The van der Waals surface area contributed by atoms with Crippen molar-refractivity contribution in [3.8, 4) is 0 Å². The minimum absolute atomic E-state index is 1.08. The van der Waals surface area contributed by atoms with Gasteiger partial charge in [-0.05, 0) is 6.42 Å². The standard InChI is InChI=1S/C4H8.3C3H8.2C2H6/c1-3-4-2;3*1-3-2;2*1-2/h3H,1,4H2,2H3;3*3H2,1-2H3;2*1-2H3. The van der Waals surface area contributed by atoms with E-state index >= 15 is 0 Å². The molecule has 0 aromatic carbocycles. The molecule has 0 amide bonds. The van der Waals surface area contributed by atoms with Gasteiger partial charge in [0.25, 0.3) is 0 Å². The summed E-state index contributed by atoms with van der Waals surface area (Å²) in [4.78, 5) is 0. The topological polar surface area (TPSA) is 0 Å². The average Bonchev–Trinajstić information content (AvgIpc) is 2.37. The van der Waals surface area contributed by atoms with Gasteiger partial charge in [0.15, 0.2) is 0 Å². The van der Waals surface area contributed by atoms with E-state index in [4.69, 9.17) is 0 Å². The van der Waals surface area contributed by atoms with E-state index in [0.29, 0.717) is 0 Å². The van der Waals surface area contributed by atoms with Crippen LogP contribution in [0.2, 0.25) is 0 Å². The van der Waals surface area contributed by atoms with Crippen molar-refractivity contribution in [2.24, 2.45) is 0 Å². The summed E-state index contributed by atoms with van der Waals surface area (Å²) in [7, 11) is 0. The second kappa shape index (κ2) is 152. The summed E-state index contributed by atoms with van der Waals surface area (Å²) >= 11 is 0. The molecule has 0 unspecified atom stereocenters. The third kappa shape index (κ3) is 5430. The van der Waals surface area contributed by atoms with Crippen LogP contribution in [0.4, 0.5) is 0 Å². The summed E-state index contributed by atoms with van der Waals surface area (Å²) in [6.07, 6.45) is 6.71. The molecule has 0 spiro atoms. The lowest BCUT2D eigenvalue weighted by molar-refractivity contribution is 1.09. The predicted octanol–water partition coefficient (Wildman–Crippen LogP) is 7.88. The Balaban J connectivity index is -0.0000000218. The van der Waals surface area contributed by atoms with E-state index in [0.717, 1.165) is 6.42 Å². The van der Waals surface area contributed by atoms with Gasteiger partial charge in [-0.15, -0.1) is 6.58 Å². The Labute approximate surface area is 115 Å². The zero-order valence-corrected chi connectivity index (χ0v) is 15.1. The SMILES string of the molecule is C=CCC.CC.CC.CCC.CCC.CCC. The summed E-state index contributed by atoms with van der Waals surface area (Å²) in [6, 6.07) is 0. The van der Waals surface area contributed by atoms with Crippen LogP contribution >= 0.6 is 0 Å². The first kappa shape index (κ1) is 36.0. The lowest BCUT2D eigenvalue weighted by atomic mass is 10.5. The molecule has 0 saturated carbocycles. The molecule has 0 rings (SSSR count). The van der Waals surface area contributed by atoms with Crippen LogP contribution in [0.3, 0.4) is 0 Å². The highest BCUT2D eigenvalue weighted by Gasteiger charge is 1.45. The highest BCUT2D eigenvalue weighted by molar-refractivity contribution is 4.60. The fourth-order valence-corrected chi connectivity index (χ4v) is 0. The lowest BCUT2D eigenvalue weighted by Gasteiger charge is -1.57. The highest BCUT2D eigenvalue weighted by atomic mass is 13.5. The third-order valence-corrected chi connectivity index (χ3v) is 0.289. The van der Waals surface area contributed by atoms with E-state index in [1.165, 1.54) is 19.3 Å². The van der Waals surface area contributed by atoms with Gasteiger partial charge in [0, 0.05) is 0 Å². The maximum Gasteiger partial charge on any atom is -0.0382 e. The molecule has 0 saturated heterocycles. The van der Waals surface area contributed by atoms with Crippen molar-refractivity contribution < 1.29 is 0 Å². The predicted molar refractivity (Wildman–Crippen MR) is 91.1 cm³/mol. The molecule has 0 aliphatic rings. The molecule has 0 radical (unpaired) electrons. The van der Waals surface area contributed by atoms with Gasteiger partial charge in [-0.1, -0.05) is 101 Å². The molecule has 17 heavy (non-hydrogen) atoms. The Bertz CT molecular complexity index is 32.5. The molecule has 0 N–H and O–H groups in total. The Kier molecular flexibility index (Phi) is 322. The van der Waals surface area contributed by atoms with Gasteiger partial charge in [-0.25, -0.2) is 0 Å². The van der Waals surface area contributed by atoms with Gasteiger partial charge >= 0.3 is 0 Å². The second-order valence-corrected chi connectivity index (χ2v) is 2.82. The van der Waals surface area contributed by atoms with Crippen molar-refractivity contribution in [1.82, 2.24) is 0 Å². The first-order chi connectivity index (χ1) is 8.16. The molecule has 0 heterocycles. The van der Waals surface area contributed by atoms with Crippen molar-refractivity contribution >= 4 is 0 Å². The van der Waals surface area contributed by atoms with Crippen LogP contribution < -0.4 is 0 Å². The number of hydrogen-bond acceptors (Lipinski definition) is 0. The number of hydrogen-bond donors (Lipinski definition) is 0. The first-order valence-corrected chi connectivity index (χ1v) is 7.77. The molecule has 0 fully saturated rings. The Morgan fingerprint density at radius 3 is 0.647 bits per heavy atom. The second-order valence-electron chi connectivity index (χ2n) is 2.82. The maximum absolute atomic E-state index is 3.48. The Hall–Kier alpha value is -0.260. The van der Waals surface area contributed by atoms with E-state index < -0.39 is 0 Å². The smallest absolute Gasteiger partial charge is 0.0382 e. The Morgan fingerprint density at radius 1 is 0.588 bits per heavy atom. The van der Waals surface area contributed by atoms with Gasteiger partial charge in [-0.3, -0.25) is 0 Å². The monoisotopic (exact) mass is 248 g/mol. The van der Waals surface area contributed by atoms with E-state index in [1.807, 2.05) is 33.8 Å². The molecule has 112 valence electrons. The summed E-state index contributed by atoms with van der Waals surface area (Å²) < 4.78 is 0. The van der Waals surface area contributed by atoms with Gasteiger partial charge in [0.05, 0.1) is 0 Å². The fourth-order valence-electron chi connectivity index (χ4n) is 0. The summed E-state index contributed by atoms with van der Waals surface area (Å²) in [6.45, 7) is 26.3. The minimum atomic E-state index is 1.08. The fraction of sp³-hybridized carbons (Fsp3) is 0.882. The zero-order valence-electron chi connectivity index (χ0n) is 15.1. The average molecular weight is 249 g/mol. The number of rotatable bonds is 1. The molecule has 0 heteroatoms. The molecular weight excluding hydrogens is 204 g/mol. The quantitative estimate of drug-likeness (QED) is 0.414. The molecule has 0 aromatic heterocycles. The van der Waals surface area contributed by atoms with Crippen LogP contribution in [0.1, 0.15) is 102 Å². The zero-order chi connectivity index (χ0) is 15.5. The van der Waals surface area contributed by atoms with Crippen molar-refractivity contribution in [1.29, 1.82) is 0 Å². The van der Waals surface area contributed by atoms with Crippen LogP contribution in [-0.4, -0.2) is 0 Å². The van der Waals surface area contributed by atoms with Crippen LogP contribution in [0.25, 0.3) is 0 Å². The molecule has 0 aliphatic carbocycles. The van der Waals surface area contributed by atoms with Crippen molar-refractivity contribution in [2.45, 2.75) is 102 Å². The van der Waals surface area contributed by atoms with Crippen LogP contribution in [0.15, 0.2) is 12.7 Å². The van der Waals surface area contributed by atoms with Crippen molar-refractivity contribution in [3.63, 3.8) is 0 Å². The lowest BCUT2D eigenvalue weighted by Crippen LogP contribution is -1.36. The third-order valence-electron chi connectivity index (χ3n) is 0.289. The normalized spacial score (nSPS) is 5.35. The van der Waals surface area contributed by atoms with Crippen molar-refractivity contribution in [2.75, 3.05) is 0 Å². The maximum atomic E-state index is 3.48. The van der Waals surface area contributed by atoms with Crippen LogP contribution in [-0.2, 0) is 0 Å². The van der Waals surface area contributed by atoms with E-state index in [-0.39, 0.29) is 0 Å². The molecule has 0 aromatic rings. The van der Waals surface area contributed by atoms with Gasteiger partial charge < -0.3 is 0 Å². The largest absolute Gasteiger partial charge is 0.103 e. The Morgan fingerprint density at radius 2 is 0.647 bits per heavy atom. The molecule has 0 bridgehead atoms. The van der Waals surface area contributed by atoms with E-state index in [1.54, 1.807) is 0 Å². The van der Waals surface area contributed by atoms with Crippen molar-refractivity contribution in [3.05, 3.63) is 12.7 Å². The van der Waals surface area contributed by atoms with Gasteiger partial charge in [0.2, 0.25) is 0 Å². The summed E-state index contributed by atoms with van der Waals surface area (Å²) in [5.74, 6) is 0. The summed E-state index contributed by atoms with van der Waals surface area (Å²) in [5, 5.41) is 0. The molecule has 0 aliphatic heterocycles. The molecule has 0 atom stereocenters. The number of allylic oxidation sites excluding steroid dienone is 1. The highest BCUT2D eigenvalue weighted by Crippen LogP contribution is 1.66. The van der Waals surface area contributed by atoms with Crippen LogP contribution in [0.5, 0.6) is 0 Å². The molecular formula is C17H44. The van der Waals surface area contributed by atoms with Gasteiger partial charge in [-0.2, -0.15) is 0 Å².